The summed E-state index contributed by atoms with van der Waals surface area (Å²) in [5.74, 6) is 0.524. The fourth-order valence-corrected chi connectivity index (χ4v) is 3.21. The van der Waals surface area contributed by atoms with Gasteiger partial charge in [0.25, 0.3) is 0 Å². The highest BCUT2D eigenvalue weighted by Crippen LogP contribution is 2.34. The van der Waals surface area contributed by atoms with Gasteiger partial charge in [-0.1, -0.05) is 0 Å². The summed E-state index contributed by atoms with van der Waals surface area (Å²) in [5, 5.41) is 32.4. The van der Waals surface area contributed by atoms with Crippen LogP contribution in [0.4, 0.5) is 0 Å². The van der Waals surface area contributed by atoms with Crippen molar-refractivity contribution in [3.63, 3.8) is 0 Å². The van der Waals surface area contributed by atoms with Crippen molar-refractivity contribution in [1.82, 2.24) is 25.0 Å². The molecule has 0 unspecified atom stereocenters. The summed E-state index contributed by atoms with van der Waals surface area (Å²) in [7, 11) is 0. The predicted octanol–water partition coefficient (Wildman–Crippen LogP) is 3.82. The molecule has 1 saturated carbocycles. The number of rotatable bonds is 4. The molecule has 0 spiro atoms. The Hall–Kier alpha value is -3.72. The second-order valence-electron chi connectivity index (χ2n) is 8.60. The molecule has 1 aliphatic rings. The van der Waals surface area contributed by atoms with Crippen molar-refractivity contribution >= 4 is 17.0 Å². The lowest BCUT2D eigenvalue weighted by Gasteiger charge is -2.27. The zero-order valence-electron chi connectivity index (χ0n) is 17.9. The maximum atomic E-state index is 11.9. The third-order valence-electron chi connectivity index (χ3n) is 5.12. The van der Waals surface area contributed by atoms with Crippen LogP contribution in [0.3, 0.4) is 0 Å². The average Bonchev–Trinajstić information content (AvgIpc) is 3.38. The Bertz CT molecular complexity index is 1110. The molecule has 4 rings (SSSR count). The van der Waals surface area contributed by atoms with Crippen LogP contribution in [0.15, 0.2) is 30.9 Å². The summed E-state index contributed by atoms with van der Waals surface area (Å²) in [5.41, 5.74) is 2.00. The standard InChI is InChI=1S/C15H17N5O2.C7H8N2/c1-15(2,3)14(21)22-9-20-5-4-11-12(8-18-19-13(11)20)10-6-16-17-7-10;8-2-1-6-3-7(4-6)5-9/h4-8H,9H2,1-3H3,(H,16,17);6-7H,1,3-4H2. The number of nitrogens with one attached hydrogen (secondary N) is 1. The minimum absolute atomic E-state index is 0.114. The highest BCUT2D eigenvalue weighted by atomic mass is 16.5. The van der Waals surface area contributed by atoms with Gasteiger partial charge in [0.2, 0.25) is 0 Å². The molecule has 0 aliphatic heterocycles. The molecular weight excluding hydrogens is 394 g/mol. The van der Waals surface area contributed by atoms with E-state index in [-0.39, 0.29) is 18.6 Å². The Balaban J connectivity index is 0.000000254. The zero-order valence-corrected chi connectivity index (χ0v) is 17.9. The highest BCUT2D eigenvalue weighted by molar-refractivity contribution is 5.92. The van der Waals surface area contributed by atoms with Crippen molar-refractivity contribution < 1.29 is 9.53 Å². The second-order valence-corrected chi connectivity index (χ2v) is 8.60. The number of hydrogen-bond acceptors (Lipinski definition) is 7. The molecule has 0 saturated heterocycles. The van der Waals surface area contributed by atoms with E-state index in [0.29, 0.717) is 18.0 Å². The summed E-state index contributed by atoms with van der Waals surface area (Å²) in [6.07, 6.45) is 9.59. The van der Waals surface area contributed by atoms with E-state index in [2.05, 4.69) is 32.5 Å². The van der Waals surface area contributed by atoms with Crippen LogP contribution in [0.25, 0.3) is 22.2 Å². The van der Waals surface area contributed by atoms with Crippen molar-refractivity contribution in [2.75, 3.05) is 0 Å². The minimum atomic E-state index is -0.531. The van der Waals surface area contributed by atoms with E-state index in [1.54, 1.807) is 23.2 Å². The van der Waals surface area contributed by atoms with E-state index in [9.17, 15) is 4.79 Å². The van der Waals surface area contributed by atoms with E-state index >= 15 is 0 Å². The molecule has 0 radical (unpaired) electrons. The molecule has 0 aromatic carbocycles. The number of carbonyl (C=O) groups excluding carboxylic acids is 1. The second kappa shape index (κ2) is 9.40. The predicted molar refractivity (Wildman–Crippen MR) is 113 cm³/mol. The zero-order chi connectivity index (χ0) is 22.4. The van der Waals surface area contributed by atoms with Gasteiger partial charge in [0.1, 0.15) is 0 Å². The number of esters is 1. The maximum absolute atomic E-state index is 11.9. The number of nitriles is 2. The lowest BCUT2D eigenvalue weighted by molar-refractivity contribution is -0.156. The van der Waals surface area contributed by atoms with Crippen molar-refractivity contribution in [3.8, 4) is 23.3 Å². The maximum Gasteiger partial charge on any atom is 0.312 e. The molecule has 1 fully saturated rings. The normalized spacial score (nSPS) is 17.6. The van der Waals surface area contributed by atoms with E-state index in [4.69, 9.17) is 15.3 Å². The first-order chi connectivity index (χ1) is 14.8. The van der Waals surface area contributed by atoms with Crippen LogP contribution in [0, 0.1) is 39.9 Å². The van der Waals surface area contributed by atoms with Gasteiger partial charge in [0.05, 0.1) is 29.9 Å². The van der Waals surface area contributed by atoms with Gasteiger partial charge >= 0.3 is 5.97 Å². The van der Waals surface area contributed by atoms with Crippen LogP contribution in [-0.4, -0.2) is 30.9 Å². The Labute approximate surface area is 180 Å². The van der Waals surface area contributed by atoms with Gasteiger partial charge in [0, 0.05) is 41.2 Å². The molecular formula is C22H25N7O2. The van der Waals surface area contributed by atoms with E-state index in [0.717, 1.165) is 29.4 Å². The number of aromatic amines is 1. The lowest BCUT2D eigenvalue weighted by atomic mass is 9.74. The lowest BCUT2D eigenvalue weighted by Crippen LogP contribution is -2.23. The number of H-pyrrole nitrogens is 1. The number of nitrogens with zero attached hydrogens (tertiary/aromatic N) is 6. The molecule has 0 atom stereocenters. The van der Waals surface area contributed by atoms with Crippen molar-refractivity contribution in [2.24, 2.45) is 17.3 Å². The summed E-state index contributed by atoms with van der Waals surface area (Å²) in [4.78, 5) is 11.9. The molecule has 0 bridgehead atoms. The van der Waals surface area contributed by atoms with Crippen LogP contribution < -0.4 is 0 Å². The van der Waals surface area contributed by atoms with Crippen molar-refractivity contribution in [2.45, 2.75) is 46.8 Å². The van der Waals surface area contributed by atoms with Crippen LogP contribution in [0.2, 0.25) is 0 Å². The number of fused-ring (bicyclic) bond motifs is 1. The SMILES string of the molecule is CC(C)(C)C(=O)OCn1ccc2c(-c3cn[nH]c3)cnnc21.N#CCC1CC(C#N)C1. The first-order valence-corrected chi connectivity index (χ1v) is 10.1. The van der Waals surface area contributed by atoms with Gasteiger partial charge in [-0.2, -0.15) is 20.7 Å². The summed E-state index contributed by atoms with van der Waals surface area (Å²) >= 11 is 0. The number of carbonyl (C=O) groups is 1. The van der Waals surface area contributed by atoms with Gasteiger partial charge in [0.15, 0.2) is 12.4 Å². The number of ether oxygens (including phenoxy) is 1. The summed E-state index contributed by atoms with van der Waals surface area (Å²) in [6, 6.07) is 6.21. The molecule has 1 aliphatic carbocycles. The number of aromatic nitrogens is 5. The monoisotopic (exact) mass is 419 g/mol. The number of hydrogen-bond donors (Lipinski definition) is 1. The van der Waals surface area contributed by atoms with Gasteiger partial charge in [-0.25, -0.2) is 0 Å². The molecule has 160 valence electrons. The average molecular weight is 419 g/mol. The minimum Gasteiger partial charge on any atom is -0.443 e. The molecule has 9 heteroatoms. The Kier molecular flexibility index (Phi) is 6.66. The van der Waals surface area contributed by atoms with E-state index in [1.807, 2.05) is 33.0 Å². The summed E-state index contributed by atoms with van der Waals surface area (Å²) < 4.78 is 7.09. The fraction of sp³-hybridized carbons (Fsp3) is 0.455. The van der Waals surface area contributed by atoms with Crippen molar-refractivity contribution in [1.29, 1.82) is 10.5 Å². The van der Waals surface area contributed by atoms with Gasteiger partial charge < -0.3 is 4.74 Å². The molecule has 3 aromatic heterocycles. The topological polar surface area (TPSA) is 133 Å². The first kappa shape index (κ1) is 22.0. The molecule has 3 heterocycles. The summed E-state index contributed by atoms with van der Waals surface area (Å²) in [6.45, 7) is 5.57. The quantitative estimate of drug-likeness (QED) is 0.635. The molecule has 0 amide bonds. The third kappa shape index (κ3) is 5.26. The van der Waals surface area contributed by atoms with E-state index in [1.165, 1.54) is 0 Å². The molecule has 1 N–H and O–H groups in total. The first-order valence-electron chi connectivity index (χ1n) is 10.1. The van der Waals surface area contributed by atoms with Crippen LogP contribution in [0.5, 0.6) is 0 Å². The van der Waals surface area contributed by atoms with Crippen LogP contribution >= 0.6 is 0 Å². The smallest absolute Gasteiger partial charge is 0.312 e. The Morgan fingerprint density at radius 2 is 2.10 bits per heavy atom. The largest absolute Gasteiger partial charge is 0.443 e. The molecule has 9 nitrogen and oxygen atoms in total. The van der Waals surface area contributed by atoms with E-state index < -0.39 is 5.41 Å². The van der Waals surface area contributed by atoms with Gasteiger partial charge in [-0.05, 0) is 45.6 Å². The highest BCUT2D eigenvalue weighted by Gasteiger charge is 2.28. The molecule has 31 heavy (non-hydrogen) atoms. The Morgan fingerprint density at radius 1 is 1.32 bits per heavy atom. The third-order valence-corrected chi connectivity index (χ3v) is 5.12. The van der Waals surface area contributed by atoms with Gasteiger partial charge in [-0.15, -0.1) is 5.10 Å². The van der Waals surface area contributed by atoms with Crippen molar-refractivity contribution in [3.05, 3.63) is 30.9 Å². The fourth-order valence-electron chi connectivity index (χ4n) is 3.21. The van der Waals surface area contributed by atoms with Gasteiger partial charge in [-0.3, -0.25) is 14.5 Å². The van der Waals surface area contributed by atoms with Crippen LogP contribution in [-0.2, 0) is 16.3 Å². The molecule has 3 aromatic rings. The Morgan fingerprint density at radius 3 is 2.71 bits per heavy atom. The van der Waals surface area contributed by atoms with Crippen LogP contribution in [0.1, 0.15) is 40.0 Å².